The topological polar surface area (TPSA) is 0 Å². The largest absolute Gasteiger partial charge is 0.103 e. The molecule has 1 unspecified atom stereocenters. The Morgan fingerprint density at radius 1 is 1.67 bits per heavy atom. The fourth-order valence-corrected chi connectivity index (χ4v) is 1.01. The van der Waals surface area contributed by atoms with Crippen LogP contribution in [-0.2, 0) is 0 Å². The number of hydrogen-bond acceptors (Lipinski definition) is 0. The third kappa shape index (κ3) is 6.10. The monoisotopic (exact) mass is 190 g/mol. The molecule has 0 aromatic carbocycles. The molecular weight excluding hydrogens is 176 g/mol. The second-order valence-electron chi connectivity index (χ2n) is 2.23. The molecule has 0 rings (SSSR count). The van der Waals surface area contributed by atoms with Gasteiger partial charge in [0.2, 0.25) is 0 Å². The van der Waals surface area contributed by atoms with Crippen LogP contribution in [0.2, 0.25) is 0 Å². The lowest BCUT2D eigenvalue weighted by atomic mass is 10.1. The first kappa shape index (κ1) is 9.22. The quantitative estimate of drug-likeness (QED) is 0.354. The highest BCUT2D eigenvalue weighted by Gasteiger charge is 1.97. The molecular formula is C8H15Br. The lowest BCUT2D eigenvalue weighted by Gasteiger charge is -2.02. The van der Waals surface area contributed by atoms with Gasteiger partial charge in [0.1, 0.15) is 0 Å². The van der Waals surface area contributed by atoms with E-state index in [-0.39, 0.29) is 0 Å². The van der Waals surface area contributed by atoms with E-state index in [1.807, 2.05) is 6.08 Å². The molecule has 0 nitrogen and oxygen atoms in total. The van der Waals surface area contributed by atoms with E-state index in [1.54, 1.807) is 0 Å². The van der Waals surface area contributed by atoms with Gasteiger partial charge >= 0.3 is 0 Å². The second kappa shape index (κ2) is 6.34. The summed E-state index contributed by atoms with van der Waals surface area (Å²) in [5, 5.41) is 0. The second-order valence-corrected chi connectivity index (χ2v) is 3.52. The van der Waals surface area contributed by atoms with Gasteiger partial charge in [-0.3, -0.25) is 0 Å². The highest BCUT2D eigenvalue weighted by molar-refractivity contribution is 9.09. The lowest BCUT2D eigenvalue weighted by molar-refractivity contribution is 0.699. The summed E-state index contributed by atoms with van der Waals surface area (Å²) < 4.78 is 0. The van der Waals surface area contributed by atoms with E-state index in [2.05, 4.69) is 29.4 Å². The predicted molar refractivity (Wildman–Crippen MR) is 47.1 cm³/mol. The summed E-state index contributed by atoms with van der Waals surface area (Å²) in [4.78, 5) is 0.720. The molecule has 0 radical (unpaired) electrons. The Labute approximate surface area is 66.5 Å². The summed E-state index contributed by atoms with van der Waals surface area (Å²) in [5.41, 5.74) is 0. The Hall–Kier alpha value is 0.220. The molecule has 1 heteroatoms. The highest BCUT2D eigenvalue weighted by Crippen LogP contribution is 2.12. The molecule has 0 aromatic rings. The molecule has 0 aliphatic rings. The summed E-state index contributed by atoms with van der Waals surface area (Å²) in [7, 11) is 0. The van der Waals surface area contributed by atoms with Crippen LogP contribution in [0.3, 0.4) is 0 Å². The van der Waals surface area contributed by atoms with Crippen LogP contribution < -0.4 is 0 Å². The van der Waals surface area contributed by atoms with Crippen molar-refractivity contribution in [3.8, 4) is 0 Å². The molecule has 0 heterocycles. The standard InChI is InChI=1S/C8H15Br/c1-3-5-6-7-8(9)4-2/h3,8H,1,4-7H2,2H3. The molecule has 0 spiro atoms. The minimum Gasteiger partial charge on any atom is -0.103 e. The third-order valence-electron chi connectivity index (χ3n) is 1.37. The van der Waals surface area contributed by atoms with Crippen molar-refractivity contribution in [1.82, 2.24) is 0 Å². The van der Waals surface area contributed by atoms with Crippen molar-refractivity contribution in [2.75, 3.05) is 0 Å². The molecule has 9 heavy (non-hydrogen) atoms. The third-order valence-corrected chi connectivity index (χ3v) is 2.47. The first-order valence-corrected chi connectivity index (χ1v) is 4.47. The normalized spacial score (nSPS) is 13.1. The van der Waals surface area contributed by atoms with E-state index in [1.165, 1.54) is 19.3 Å². The number of unbranched alkanes of at least 4 members (excludes halogenated alkanes) is 1. The summed E-state index contributed by atoms with van der Waals surface area (Å²) in [6.45, 7) is 5.87. The Kier molecular flexibility index (Phi) is 6.50. The SMILES string of the molecule is C=CCCCC(Br)CC. The molecule has 0 amide bonds. The Bertz CT molecular complexity index is 69.0. The fraction of sp³-hybridized carbons (Fsp3) is 0.750. The first-order valence-electron chi connectivity index (χ1n) is 3.56. The van der Waals surface area contributed by atoms with Crippen molar-refractivity contribution >= 4 is 15.9 Å². The number of allylic oxidation sites excluding steroid dienone is 1. The number of alkyl halides is 1. The average molecular weight is 191 g/mol. The van der Waals surface area contributed by atoms with Gasteiger partial charge in [-0.15, -0.1) is 6.58 Å². The van der Waals surface area contributed by atoms with Crippen LogP contribution in [0.4, 0.5) is 0 Å². The number of hydrogen-bond donors (Lipinski definition) is 0. The minimum atomic E-state index is 0.720. The molecule has 0 bridgehead atoms. The van der Waals surface area contributed by atoms with E-state index in [4.69, 9.17) is 0 Å². The van der Waals surface area contributed by atoms with Crippen LogP contribution in [0.15, 0.2) is 12.7 Å². The maximum atomic E-state index is 3.67. The zero-order chi connectivity index (χ0) is 7.11. The number of rotatable bonds is 5. The average Bonchev–Trinajstić information content (AvgIpc) is 1.89. The van der Waals surface area contributed by atoms with Crippen LogP contribution in [0, 0.1) is 0 Å². The van der Waals surface area contributed by atoms with Gasteiger partial charge in [-0.1, -0.05) is 28.9 Å². The highest BCUT2D eigenvalue weighted by atomic mass is 79.9. The smallest absolute Gasteiger partial charge is 0.0143 e. The van der Waals surface area contributed by atoms with Gasteiger partial charge < -0.3 is 0 Å². The molecule has 0 aliphatic heterocycles. The molecule has 54 valence electrons. The van der Waals surface area contributed by atoms with Crippen LogP contribution in [-0.4, -0.2) is 4.83 Å². The predicted octanol–water partition coefficient (Wildman–Crippen LogP) is 3.52. The van der Waals surface area contributed by atoms with Crippen molar-refractivity contribution in [3.05, 3.63) is 12.7 Å². The van der Waals surface area contributed by atoms with Gasteiger partial charge in [-0.25, -0.2) is 0 Å². The van der Waals surface area contributed by atoms with E-state index in [0.29, 0.717) is 0 Å². The van der Waals surface area contributed by atoms with Crippen molar-refractivity contribution in [3.63, 3.8) is 0 Å². The lowest BCUT2D eigenvalue weighted by Crippen LogP contribution is -1.93. The zero-order valence-corrected chi connectivity index (χ0v) is 7.65. The maximum Gasteiger partial charge on any atom is 0.0143 e. The minimum absolute atomic E-state index is 0.720. The molecule has 1 atom stereocenters. The van der Waals surface area contributed by atoms with Crippen LogP contribution in [0.25, 0.3) is 0 Å². The molecule has 0 saturated carbocycles. The van der Waals surface area contributed by atoms with Gasteiger partial charge in [-0.05, 0) is 25.7 Å². The van der Waals surface area contributed by atoms with Crippen molar-refractivity contribution in [1.29, 1.82) is 0 Å². The van der Waals surface area contributed by atoms with Gasteiger partial charge in [0.05, 0.1) is 0 Å². The fourth-order valence-electron chi connectivity index (χ4n) is 0.688. The molecule has 0 aliphatic carbocycles. The van der Waals surface area contributed by atoms with E-state index in [9.17, 15) is 0 Å². The molecule has 0 aromatic heterocycles. The van der Waals surface area contributed by atoms with E-state index >= 15 is 0 Å². The molecule has 0 saturated heterocycles. The van der Waals surface area contributed by atoms with Gasteiger partial charge in [0, 0.05) is 4.83 Å². The molecule has 0 N–H and O–H groups in total. The number of halogens is 1. The van der Waals surface area contributed by atoms with Crippen molar-refractivity contribution in [2.45, 2.75) is 37.4 Å². The van der Waals surface area contributed by atoms with Gasteiger partial charge in [0.15, 0.2) is 0 Å². The summed E-state index contributed by atoms with van der Waals surface area (Å²) in [6.07, 6.45) is 6.92. The Morgan fingerprint density at radius 2 is 2.33 bits per heavy atom. The Balaban J connectivity index is 2.96. The van der Waals surface area contributed by atoms with Crippen molar-refractivity contribution < 1.29 is 0 Å². The van der Waals surface area contributed by atoms with Crippen LogP contribution in [0.5, 0.6) is 0 Å². The first-order chi connectivity index (χ1) is 4.31. The summed E-state index contributed by atoms with van der Waals surface area (Å²) in [6, 6.07) is 0. The maximum absolute atomic E-state index is 3.67. The van der Waals surface area contributed by atoms with Gasteiger partial charge in [0.25, 0.3) is 0 Å². The van der Waals surface area contributed by atoms with Gasteiger partial charge in [-0.2, -0.15) is 0 Å². The Morgan fingerprint density at radius 3 is 2.78 bits per heavy atom. The van der Waals surface area contributed by atoms with E-state index < -0.39 is 0 Å². The molecule has 0 fully saturated rings. The van der Waals surface area contributed by atoms with Crippen LogP contribution in [0.1, 0.15) is 32.6 Å². The summed E-state index contributed by atoms with van der Waals surface area (Å²) >= 11 is 3.57. The zero-order valence-electron chi connectivity index (χ0n) is 6.07. The van der Waals surface area contributed by atoms with Crippen LogP contribution >= 0.6 is 15.9 Å². The van der Waals surface area contributed by atoms with Crippen molar-refractivity contribution in [2.24, 2.45) is 0 Å². The van der Waals surface area contributed by atoms with E-state index in [0.717, 1.165) is 11.2 Å². The summed E-state index contributed by atoms with van der Waals surface area (Å²) in [5.74, 6) is 0.